The summed E-state index contributed by atoms with van der Waals surface area (Å²) in [6, 6.07) is 8.44. The van der Waals surface area contributed by atoms with Crippen molar-refractivity contribution in [1.82, 2.24) is 9.55 Å². The molecule has 3 aromatic rings. The van der Waals surface area contributed by atoms with Crippen molar-refractivity contribution in [2.24, 2.45) is 0 Å². The molecule has 0 aliphatic carbocycles. The number of imidazole rings is 1. The van der Waals surface area contributed by atoms with Crippen LogP contribution in [0, 0.1) is 10.1 Å². The van der Waals surface area contributed by atoms with Gasteiger partial charge in [-0.1, -0.05) is 12.1 Å². The van der Waals surface area contributed by atoms with Crippen LogP contribution in [0.1, 0.15) is 22.7 Å². The smallest absolute Gasteiger partial charge is 0.345 e. The average molecular weight is 405 g/mol. The first-order chi connectivity index (χ1) is 14.0. The lowest BCUT2D eigenvalue weighted by molar-refractivity contribution is -0.385. The maximum Gasteiger partial charge on any atom is 0.345 e. The minimum absolute atomic E-state index is 0.138. The number of carbonyl (C=O) groups excluding carboxylic acids is 1. The van der Waals surface area contributed by atoms with Crippen molar-refractivity contribution >= 4 is 22.7 Å². The van der Waals surface area contributed by atoms with E-state index in [1.165, 1.54) is 6.07 Å². The lowest BCUT2D eigenvalue weighted by Crippen LogP contribution is -2.17. The molecule has 0 unspecified atom stereocenters. The summed E-state index contributed by atoms with van der Waals surface area (Å²) in [5, 5.41) is 11.3. The standard InChI is InChI=1S/C18H13F2N3O6/c19-18(20)22-12-4-2-1-3-11(12)21-16(22)9-29-17(24)10-7-14-15(28-6-5-27-14)8-13(10)23(25)26/h1-4,7-8,18H,5-6,9H2. The Kier molecular flexibility index (Phi) is 4.71. The van der Waals surface area contributed by atoms with E-state index in [-0.39, 0.29) is 41.6 Å². The van der Waals surface area contributed by atoms with Gasteiger partial charge in [0.15, 0.2) is 17.3 Å². The molecule has 11 heteroatoms. The molecule has 0 spiro atoms. The van der Waals surface area contributed by atoms with Crippen molar-refractivity contribution in [2.75, 3.05) is 13.2 Å². The van der Waals surface area contributed by atoms with Crippen molar-refractivity contribution in [3.8, 4) is 11.5 Å². The number of nitrogens with zero attached hydrogens (tertiary/aromatic N) is 3. The lowest BCUT2D eigenvalue weighted by atomic mass is 10.1. The van der Waals surface area contributed by atoms with Crippen LogP contribution in [0.5, 0.6) is 11.5 Å². The molecule has 1 aliphatic rings. The van der Waals surface area contributed by atoms with E-state index in [9.17, 15) is 23.7 Å². The zero-order valence-electron chi connectivity index (χ0n) is 14.7. The Labute approximate surface area is 161 Å². The minimum atomic E-state index is -2.90. The van der Waals surface area contributed by atoms with Crippen molar-refractivity contribution in [3.05, 3.63) is 57.9 Å². The van der Waals surface area contributed by atoms with E-state index < -0.39 is 29.7 Å². The molecule has 0 fully saturated rings. The molecular weight excluding hydrogens is 392 g/mol. The predicted octanol–water partition coefficient (Wildman–Crippen LogP) is 3.47. The van der Waals surface area contributed by atoms with Crippen LogP contribution in [0.4, 0.5) is 14.5 Å². The quantitative estimate of drug-likeness (QED) is 0.363. The molecule has 0 saturated carbocycles. The van der Waals surface area contributed by atoms with Crippen LogP contribution in [-0.4, -0.2) is 33.7 Å². The summed E-state index contributed by atoms with van der Waals surface area (Å²) < 4.78 is 43.2. The number of esters is 1. The lowest BCUT2D eigenvalue weighted by Gasteiger charge is -2.18. The van der Waals surface area contributed by atoms with Crippen molar-refractivity contribution in [3.63, 3.8) is 0 Å². The van der Waals surface area contributed by atoms with Gasteiger partial charge < -0.3 is 14.2 Å². The maximum absolute atomic E-state index is 13.5. The third-order valence-corrected chi connectivity index (χ3v) is 4.27. The van der Waals surface area contributed by atoms with Gasteiger partial charge in [-0.25, -0.2) is 9.78 Å². The zero-order valence-corrected chi connectivity index (χ0v) is 14.7. The Morgan fingerprint density at radius 2 is 1.93 bits per heavy atom. The fourth-order valence-electron chi connectivity index (χ4n) is 3.01. The Balaban J connectivity index is 1.63. The van der Waals surface area contributed by atoms with Crippen molar-refractivity contribution in [1.29, 1.82) is 0 Å². The molecule has 1 aliphatic heterocycles. The highest BCUT2D eigenvalue weighted by Crippen LogP contribution is 2.37. The summed E-state index contributed by atoms with van der Waals surface area (Å²) >= 11 is 0. The van der Waals surface area contributed by atoms with Gasteiger partial charge in [-0.3, -0.25) is 14.7 Å². The molecule has 0 radical (unpaired) electrons. The predicted molar refractivity (Wildman–Crippen MR) is 94.2 cm³/mol. The number of alkyl halides is 2. The van der Waals surface area contributed by atoms with Gasteiger partial charge in [-0.2, -0.15) is 8.78 Å². The van der Waals surface area contributed by atoms with Gasteiger partial charge in [0.1, 0.15) is 25.4 Å². The Hall–Kier alpha value is -3.76. The number of hydrogen-bond donors (Lipinski definition) is 0. The molecule has 1 aromatic heterocycles. The normalized spacial score (nSPS) is 12.9. The van der Waals surface area contributed by atoms with Gasteiger partial charge in [0.05, 0.1) is 22.0 Å². The Bertz CT molecular complexity index is 1110. The number of fused-ring (bicyclic) bond motifs is 2. The zero-order chi connectivity index (χ0) is 20.5. The van der Waals surface area contributed by atoms with Crippen LogP contribution in [0.15, 0.2) is 36.4 Å². The van der Waals surface area contributed by atoms with Crippen molar-refractivity contribution < 1.29 is 32.7 Å². The molecule has 2 heterocycles. The molecule has 0 saturated heterocycles. The molecular formula is C18H13F2N3O6. The third-order valence-electron chi connectivity index (χ3n) is 4.27. The average Bonchev–Trinajstić information content (AvgIpc) is 3.09. The van der Waals surface area contributed by atoms with E-state index in [4.69, 9.17) is 14.2 Å². The number of benzene rings is 2. The minimum Gasteiger partial charge on any atom is -0.486 e. The van der Waals surface area contributed by atoms with E-state index in [2.05, 4.69) is 4.98 Å². The van der Waals surface area contributed by atoms with E-state index in [0.29, 0.717) is 10.1 Å². The van der Waals surface area contributed by atoms with E-state index in [1.54, 1.807) is 18.2 Å². The second-order valence-electron chi connectivity index (χ2n) is 6.01. The number of para-hydroxylation sites is 2. The summed E-state index contributed by atoms with van der Waals surface area (Å²) in [7, 11) is 0. The molecule has 150 valence electrons. The summed E-state index contributed by atoms with van der Waals surface area (Å²) in [4.78, 5) is 27.1. The Morgan fingerprint density at radius 1 is 1.24 bits per heavy atom. The van der Waals surface area contributed by atoms with Crippen LogP contribution in [0.3, 0.4) is 0 Å². The molecule has 0 N–H and O–H groups in total. The molecule has 0 bridgehead atoms. The number of carbonyl (C=O) groups is 1. The highest BCUT2D eigenvalue weighted by molar-refractivity contribution is 5.95. The number of nitro groups is 1. The number of halogens is 2. The van der Waals surface area contributed by atoms with Gasteiger partial charge in [0.2, 0.25) is 0 Å². The van der Waals surface area contributed by atoms with Crippen LogP contribution in [0.2, 0.25) is 0 Å². The van der Waals surface area contributed by atoms with Gasteiger partial charge in [0, 0.05) is 6.07 Å². The fourth-order valence-corrected chi connectivity index (χ4v) is 3.01. The first kappa shape index (κ1) is 18.6. The van der Waals surface area contributed by atoms with Crippen LogP contribution in [0.25, 0.3) is 11.0 Å². The molecule has 0 amide bonds. The number of nitro benzene ring substituents is 1. The first-order valence-corrected chi connectivity index (χ1v) is 8.45. The fraction of sp³-hybridized carbons (Fsp3) is 0.222. The van der Waals surface area contributed by atoms with Gasteiger partial charge in [-0.15, -0.1) is 0 Å². The first-order valence-electron chi connectivity index (χ1n) is 8.45. The highest BCUT2D eigenvalue weighted by Gasteiger charge is 2.28. The van der Waals surface area contributed by atoms with Gasteiger partial charge >= 0.3 is 12.5 Å². The van der Waals surface area contributed by atoms with Gasteiger partial charge in [-0.05, 0) is 12.1 Å². The number of ether oxygens (including phenoxy) is 3. The van der Waals surface area contributed by atoms with E-state index >= 15 is 0 Å². The van der Waals surface area contributed by atoms with Crippen LogP contribution < -0.4 is 9.47 Å². The summed E-state index contributed by atoms with van der Waals surface area (Å²) in [5.41, 5.74) is -0.427. The molecule has 29 heavy (non-hydrogen) atoms. The second kappa shape index (κ2) is 7.34. The van der Waals surface area contributed by atoms with Crippen LogP contribution in [-0.2, 0) is 11.3 Å². The third kappa shape index (κ3) is 3.42. The molecule has 4 rings (SSSR count). The van der Waals surface area contributed by atoms with E-state index in [1.807, 2.05) is 0 Å². The summed E-state index contributed by atoms with van der Waals surface area (Å²) in [6.07, 6.45) is 0. The van der Waals surface area contributed by atoms with Crippen molar-refractivity contribution in [2.45, 2.75) is 13.2 Å². The molecule has 9 nitrogen and oxygen atoms in total. The van der Waals surface area contributed by atoms with E-state index in [0.717, 1.165) is 12.1 Å². The summed E-state index contributed by atoms with van der Waals surface area (Å²) in [6.45, 7) is -3.06. The molecule has 2 aromatic carbocycles. The topological polar surface area (TPSA) is 106 Å². The monoisotopic (exact) mass is 405 g/mol. The largest absolute Gasteiger partial charge is 0.486 e. The number of aromatic nitrogens is 2. The molecule has 0 atom stereocenters. The SMILES string of the molecule is O=C(OCc1nc2ccccc2n1C(F)F)c1cc2c(cc1[N+](=O)[O-])OCCO2. The highest BCUT2D eigenvalue weighted by atomic mass is 19.3. The summed E-state index contributed by atoms with van der Waals surface area (Å²) in [5.74, 6) is -0.955. The second-order valence-corrected chi connectivity index (χ2v) is 6.01. The number of hydrogen-bond acceptors (Lipinski definition) is 7. The Morgan fingerprint density at radius 3 is 2.62 bits per heavy atom. The van der Waals surface area contributed by atoms with Crippen LogP contribution >= 0.6 is 0 Å². The number of rotatable bonds is 5. The maximum atomic E-state index is 13.5. The van der Waals surface area contributed by atoms with Gasteiger partial charge in [0.25, 0.3) is 5.69 Å².